The van der Waals surface area contributed by atoms with Crippen LogP contribution in [0.25, 0.3) is 0 Å². The van der Waals surface area contributed by atoms with Gasteiger partial charge in [0.25, 0.3) is 0 Å². The molecule has 1 fully saturated rings. The number of hydrogen-bond acceptors (Lipinski definition) is 4. The number of piperazine rings is 1. The van der Waals surface area contributed by atoms with E-state index in [0.29, 0.717) is 6.54 Å². The maximum atomic E-state index is 11.4. The summed E-state index contributed by atoms with van der Waals surface area (Å²) in [7, 11) is 0. The molecule has 1 saturated heterocycles. The lowest BCUT2D eigenvalue weighted by molar-refractivity contribution is -0.141. The number of aromatic nitrogens is 1. The number of aryl methyl sites for hydroxylation is 1. The van der Waals surface area contributed by atoms with Crippen molar-refractivity contribution in [1.82, 2.24) is 15.2 Å². The van der Waals surface area contributed by atoms with E-state index in [0.717, 1.165) is 10.7 Å². The van der Waals surface area contributed by atoms with Gasteiger partial charge in [0, 0.05) is 11.1 Å². The minimum absolute atomic E-state index is 0.0533. The zero-order valence-corrected chi connectivity index (χ0v) is 9.13. The lowest BCUT2D eigenvalue weighted by Gasteiger charge is -2.25. The van der Waals surface area contributed by atoms with Crippen molar-refractivity contribution < 1.29 is 9.59 Å². The van der Waals surface area contributed by atoms with E-state index in [1.165, 1.54) is 16.2 Å². The van der Waals surface area contributed by atoms with Gasteiger partial charge in [0.15, 0.2) is 0 Å². The van der Waals surface area contributed by atoms with Gasteiger partial charge < -0.3 is 10.2 Å². The van der Waals surface area contributed by atoms with E-state index in [-0.39, 0.29) is 24.9 Å². The highest BCUT2D eigenvalue weighted by Crippen LogP contribution is 2.12. The highest BCUT2D eigenvalue weighted by molar-refractivity contribution is 7.09. The van der Waals surface area contributed by atoms with E-state index in [1.54, 1.807) is 0 Å². The molecular formula is C9H11N3O2S. The maximum absolute atomic E-state index is 11.4. The van der Waals surface area contributed by atoms with Gasteiger partial charge >= 0.3 is 0 Å². The number of rotatable bonds is 2. The van der Waals surface area contributed by atoms with Crippen LogP contribution < -0.4 is 5.32 Å². The summed E-state index contributed by atoms with van der Waals surface area (Å²) in [6.45, 7) is 2.58. The van der Waals surface area contributed by atoms with E-state index in [4.69, 9.17) is 0 Å². The average molecular weight is 225 g/mol. The molecule has 1 aliphatic heterocycles. The van der Waals surface area contributed by atoms with Crippen LogP contribution >= 0.6 is 11.3 Å². The molecule has 2 heterocycles. The van der Waals surface area contributed by atoms with E-state index in [9.17, 15) is 9.59 Å². The largest absolute Gasteiger partial charge is 0.345 e. The second-order valence-electron chi connectivity index (χ2n) is 3.41. The summed E-state index contributed by atoms with van der Waals surface area (Å²) in [4.78, 5) is 28.3. The van der Waals surface area contributed by atoms with Crippen LogP contribution in [0.3, 0.4) is 0 Å². The molecule has 15 heavy (non-hydrogen) atoms. The van der Waals surface area contributed by atoms with Crippen molar-refractivity contribution in [3.8, 4) is 0 Å². The molecule has 0 atom stereocenters. The number of carbonyl (C=O) groups is 2. The van der Waals surface area contributed by atoms with Gasteiger partial charge in [-0.05, 0) is 6.92 Å². The molecule has 2 amide bonds. The lowest BCUT2D eigenvalue weighted by Crippen LogP contribution is -2.50. The maximum Gasteiger partial charge on any atom is 0.242 e. The Hall–Kier alpha value is -1.43. The molecule has 0 spiro atoms. The molecule has 80 valence electrons. The molecule has 0 bridgehead atoms. The molecule has 1 aromatic rings. The van der Waals surface area contributed by atoms with E-state index in [2.05, 4.69) is 10.3 Å². The second-order valence-corrected chi connectivity index (χ2v) is 4.35. The summed E-state index contributed by atoms with van der Waals surface area (Å²) in [6.07, 6.45) is 0. The van der Waals surface area contributed by atoms with Gasteiger partial charge in [0.2, 0.25) is 11.8 Å². The van der Waals surface area contributed by atoms with Crippen molar-refractivity contribution in [3.05, 3.63) is 16.1 Å². The number of amides is 2. The fraction of sp³-hybridized carbons (Fsp3) is 0.444. The standard InChI is InChI=1S/C9H11N3O2S/c1-6-5-15-8(11-6)4-12-3-7(13)10-2-9(12)14/h5H,2-4H2,1H3,(H,10,13). The Bertz CT molecular complexity index is 402. The number of thiazole rings is 1. The quantitative estimate of drug-likeness (QED) is 0.765. The van der Waals surface area contributed by atoms with Crippen LogP contribution in [-0.4, -0.2) is 34.8 Å². The minimum Gasteiger partial charge on any atom is -0.345 e. The van der Waals surface area contributed by atoms with Crippen LogP contribution in [0.1, 0.15) is 10.7 Å². The molecular weight excluding hydrogens is 214 g/mol. The van der Waals surface area contributed by atoms with Crippen molar-refractivity contribution in [2.24, 2.45) is 0 Å². The van der Waals surface area contributed by atoms with Crippen molar-refractivity contribution in [3.63, 3.8) is 0 Å². The summed E-state index contributed by atoms with van der Waals surface area (Å²) >= 11 is 1.51. The van der Waals surface area contributed by atoms with Gasteiger partial charge in [-0.25, -0.2) is 4.98 Å². The molecule has 2 rings (SSSR count). The Morgan fingerprint density at radius 1 is 1.60 bits per heavy atom. The predicted molar refractivity (Wildman–Crippen MR) is 55.3 cm³/mol. The zero-order valence-electron chi connectivity index (χ0n) is 8.32. The highest BCUT2D eigenvalue weighted by atomic mass is 32.1. The fourth-order valence-corrected chi connectivity index (χ4v) is 2.17. The Kier molecular flexibility index (Phi) is 2.68. The van der Waals surface area contributed by atoms with Crippen molar-refractivity contribution >= 4 is 23.2 Å². The first-order chi connectivity index (χ1) is 7.15. The van der Waals surface area contributed by atoms with Gasteiger partial charge in [-0.1, -0.05) is 0 Å². The first-order valence-electron chi connectivity index (χ1n) is 4.60. The Morgan fingerprint density at radius 3 is 3.07 bits per heavy atom. The smallest absolute Gasteiger partial charge is 0.242 e. The third-order valence-electron chi connectivity index (χ3n) is 2.12. The predicted octanol–water partition coefficient (Wildman–Crippen LogP) is -0.0901. The first-order valence-corrected chi connectivity index (χ1v) is 5.48. The number of nitrogens with zero attached hydrogens (tertiary/aromatic N) is 2. The third-order valence-corrected chi connectivity index (χ3v) is 3.07. The molecule has 1 N–H and O–H groups in total. The van der Waals surface area contributed by atoms with Crippen molar-refractivity contribution in [2.75, 3.05) is 13.1 Å². The minimum atomic E-state index is -0.108. The Balaban J connectivity index is 2.04. The topological polar surface area (TPSA) is 62.3 Å². The first kappa shape index (κ1) is 10.1. The molecule has 1 aromatic heterocycles. The molecule has 0 saturated carbocycles. The van der Waals surface area contributed by atoms with E-state index < -0.39 is 0 Å². The molecule has 0 unspecified atom stereocenters. The van der Waals surface area contributed by atoms with Gasteiger partial charge in [-0.3, -0.25) is 9.59 Å². The lowest BCUT2D eigenvalue weighted by atomic mass is 10.3. The van der Waals surface area contributed by atoms with Crippen LogP contribution in [0.15, 0.2) is 5.38 Å². The highest BCUT2D eigenvalue weighted by Gasteiger charge is 2.23. The molecule has 0 aliphatic carbocycles. The summed E-state index contributed by atoms with van der Waals surface area (Å²) in [6, 6.07) is 0. The Morgan fingerprint density at radius 2 is 2.40 bits per heavy atom. The summed E-state index contributed by atoms with van der Waals surface area (Å²) in [5.74, 6) is -0.162. The van der Waals surface area contributed by atoms with Gasteiger partial charge in [0.05, 0.1) is 13.1 Å². The van der Waals surface area contributed by atoms with Gasteiger partial charge in [-0.2, -0.15) is 0 Å². The van der Waals surface area contributed by atoms with Crippen LogP contribution in [0, 0.1) is 6.92 Å². The van der Waals surface area contributed by atoms with Crippen LogP contribution in [0.4, 0.5) is 0 Å². The van der Waals surface area contributed by atoms with Gasteiger partial charge in [0.1, 0.15) is 11.6 Å². The molecule has 1 aliphatic rings. The number of nitrogens with one attached hydrogen (secondary N) is 1. The monoisotopic (exact) mass is 225 g/mol. The molecule has 0 aromatic carbocycles. The van der Waals surface area contributed by atoms with Crippen molar-refractivity contribution in [1.29, 1.82) is 0 Å². The normalized spacial score (nSPS) is 16.7. The van der Waals surface area contributed by atoms with Crippen LogP contribution in [0.5, 0.6) is 0 Å². The number of hydrogen-bond donors (Lipinski definition) is 1. The SMILES string of the molecule is Cc1csc(CN2CC(=O)NCC2=O)n1. The third kappa shape index (κ3) is 2.33. The van der Waals surface area contributed by atoms with E-state index in [1.807, 2.05) is 12.3 Å². The van der Waals surface area contributed by atoms with Gasteiger partial charge in [-0.15, -0.1) is 11.3 Å². The fourth-order valence-electron chi connectivity index (χ4n) is 1.39. The summed E-state index contributed by atoms with van der Waals surface area (Å²) < 4.78 is 0. The average Bonchev–Trinajstić information content (AvgIpc) is 2.58. The van der Waals surface area contributed by atoms with Crippen LogP contribution in [0.2, 0.25) is 0 Å². The molecule has 0 radical (unpaired) electrons. The summed E-state index contributed by atoms with van der Waals surface area (Å²) in [5, 5.41) is 5.31. The van der Waals surface area contributed by atoms with E-state index >= 15 is 0 Å². The molecule has 6 heteroatoms. The Labute approximate surface area is 91.1 Å². The van der Waals surface area contributed by atoms with Crippen molar-refractivity contribution in [2.45, 2.75) is 13.5 Å². The number of carbonyl (C=O) groups excluding carboxylic acids is 2. The van der Waals surface area contributed by atoms with Crippen LogP contribution in [-0.2, 0) is 16.1 Å². The summed E-state index contributed by atoms with van der Waals surface area (Å²) in [5.41, 5.74) is 0.948. The second kappa shape index (κ2) is 3.98. The zero-order chi connectivity index (χ0) is 10.8. The molecule has 5 nitrogen and oxygen atoms in total.